The molecule has 6 N–H and O–H groups in total. The van der Waals surface area contributed by atoms with Crippen molar-refractivity contribution in [1.82, 2.24) is 19.9 Å². The SMILES string of the molecule is CC(C)c1cccc(C(C)C)c1OP(=O)([O-])[O-].CC(C)c1cccc(C(C)C)c1OP(=O)([O-])[O-].CO.CO.CO.CO.CO.CO.[Co+2].[Co+2].c1cnc2c(c1)ccc1cccnc12.c1cnc2c(c1)ccc1cccnc12. The number of phosphoric acid groups is 2. The van der Waals surface area contributed by atoms with Gasteiger partial charge in [-0.2, -0.15) is 0 Å². The largest absolute Gasteiger partial charge is 2.00 e. The van der Waals surface area contributed by atoms with Crippen molar-refractivity contribution in [2.24, 2.45) is 0 Å². The molecule has 4 heterocycles. The van der Waals surface area contributed by atoms with E-state index in [9.17, 15) is 28.7 Å². The minimum absolute atomic E-state index is 0. The van der Waals surface area contributed by atoms with Gasteiger partial charge in [-0.05, 0) is 70.2 Å². The van der Waals surface area contributed by atoms with E-state index in [2.05, 4.69) is 77.5 Å². The summed E-state index contributed by atoms with van der Waals surface area (Å²) < 4.78 is 30.9. The van der Waals surface area contributed by atoms with Crippen molar-refractivity contribution in [3.05, 3.63) is 156 Å². The van der Waals surface area contributed by atoms with Crippen molar-refractivity contribution >= 4 is 59.3 Å². The Morgan fingerprint density at radius 1 is 0.342 bits per heavy atom. The van der Waals surface area contributed by atoms with Crippen LogP contribution in [0.1, 0.15) is 101 Å². The van der Waals surface area contributed by atoms with Gasteiger partial charge in [-0.25, -0.2) is 0 Å². The van der Waals surface area contributed by atoms with Gasteiger partial charge in [0.2, 0.25) is 0 Å². The molecule has 4 aromatic heterocycles. The Morgan fingerprint density at radius 2 is 0.526 bits per heavy atom. The molecule has 0 atom stereocenters. The van der Waals surface area contributed by atoms with Crippen LogP contribution in [0.3, 0.4) is 0 Å². The number of hydrogen-bond donors (Lipinski definition) is 6. The molecule has 2 radical (unpaired) electrons. The zero-order valence-electron chi connectivity index (χ0n) is 45.3. The van der Waals surface area contributed by atoms with Gasteiger partial charge < -0.3 is 68.4 Å². The third kappa shape index (κ3) is 26.0. The second-order valence-electron chi connectivity index (χ2n) is 15.7. The van der Waals surface area contributed by atoms with Crippen molar-refractivity contribution in [1.29, 1.82) is 0 Å². The maximum atomic E-state index is 10.8. The molecule has 0 saturated heterocycles. The molecule has 22 heteroatoms. The minimum Gasteiger partial charge on any atom is -0.780 e. The summed E-state index contributed by atoms with van der Waals surface area (Å²) in [5.74, 6) is 0.771. The number of hydrogen-bond acceptors (Lipinski definition) is 18. The quantitative estimate of drug-likeness (QED) is 0.0634. The van der Waals surface area contributed by atoms with E-state index in [1.165, 1.54) is 0 Å². The molecule has 0 bridgehead atoms. The maximum absolute atomic E-state index is 10.8. The predicted octanol–water partition coefficient (Wildman–Crippen LogP) is 7.49. The molecule has 0 saturated carbocycles. The van der Waals surface area contributed by atoms with E-state index >= 15 is 0 Å². The first kappa shape index (κ1) is 77.7. The number of nitrogens with zero attached hydrogens (tertiary/aromatic N) is 4. The van der Waals surface area contributed by atoms with Crippen molar-refractivity contribution in [3.8, 4) is 11.5 Å². The van der Waals surface area contributed by atoms with Gasteiger partial charge in [-0.3, -0.25) is 19.9 Å². The van der Waals surface area contributed by atoms with Crippen LogP contribution in [-0.2, 0) is 42.7 Å². The summed E-state index contributed by atoms with van der Waals surface area (Å²) in [6, 6.07) is 35.1. The van der Waals surface area contributed by atoms with Crippen LogP contribution in [0.4, 0.5) is 0 Å². The molecular weight excluding hydrogens is 1110 g/mol. The van der Waals surface area contributed by atoms with E-state index < -0.39 is 15.6 Å². The first-order valence-corrected chi connectivity index (χ1v) is 25.8. The molecule has 8 rings (SSSR count). The number of phosphoric ester groups is 2. The minimum atomic E-state index is -5.02. The normalized spacial score (nSPS) is 9.95. The van der Waals surface area contributed by atoms with E-state index in [0.717, 1.165) is 109 Å². The molecule has 0 aliphatic rings. The third-order valence-corrected chi connectivity index (χ3v) is 10.5. The Hall–Kier alpha value is -4.81. The van der Waals surface area contributed by atoms with Gasteiger partial charge in [-0.15, -0.1) is 0 Å². The molecule has 0 unspecified atom stereocenters. The summed E-state index contributed by atoms with van der Waals surface area (Å²) >= 11 is 0. The van der Waals surface area contributed by atoms with Gasteiger partial charge in [0.05, 0.1) is 22.1 Å². The van der Waals surface area contributed by atoms with Crippen LogP contribution in [0.15, 0.2) is 134 Å². The number of para-hydroxylation sites is 2. The molecule has 76 heavy (non-hydrogen) atoms. The van der Waals surface area contributed by atoms with Gasteiger partial charge in [0.25, 0.3) is 0 Å². The standard InChI is InChI=1S/2C12H8N2.2C12H19O4P.6CH4O.2Co/c2*1-3-9-5-6-10-4-2-8-14-12(10)11(9)13-7-1;2*1-8(2)10-6-5-7-11(9(3)4)12(10)16-17(13,14)15;6*1-2;;/h2*1-8H;2*5-9H,1-4H3,(H2,13,14,15);6*2H,1H3;;/q;;;;;;;;;;2*+2/p-4. The first-order valence-electron chi connectivity index (χ1n) is 22.9. The average molecular weight is 1180 g/mol. The second kappa shape index (κ2) is 42.2. The number of aromatic nitrogens is 4. The summed E-state index contributed by atoms with van der Waals surface area (Å²) in [5.41, 5.74) is 6.87. The topological polar surface area (TPSA) is 318 Å². The van der Waals surface area contributed by atoms with Gasteiger partial charge in [0.1, 0.15) is 27.1 Å². The van der Waals surface area contributed by atoms with E-state index in [-0.39, 0.29) is 68.7 Å². The Bertz CT molecular complexity index is 2530. The Kier molecular flexibility index (Phi) is 43.2. The van der Waals surface area contributed by atoms with E-state index in [4.69, 9.17) is 30.6 Å². The predicted molar refractivity (Wildman–Crippen MR) is 289 cm³/mol. The fraction of sp³-hybridized carbons (Fsp3) is 0.333. The van der Waals surface area contributed by atoms with Crippen LogP contribution in [0.5, 0.6) is 11.5 Å². The van der Waals surface area contributed by atoms with Gasteiger partial charge in [-0.1, -0.05) is 140 Å². The zero-order chi connectivity index (χ0) is 57.2. The van der Waals surface area contributed by atoms with Gasteiger partial charge in [0, 0.05) is 89.0 Å². The zero-order valence-corrected chi connectivity index (χ0v) is 49.2. The summed E-state index contributed by atoms with van der Waals surface area (Å²) in [6.07, 6.45) is 7.21. The summed E-state index contributed by atoms with van der Waals surface area (Å²) in [6.45, 7) is 15.4. The van der Waals surface area contributed by atoms with Crippen molar-refractivity contribution in [2.75, 3.05) is 42.7 Å². The Morgan fingerprint density at radius 3 is 0.684 bits per heavy atom. The van der Waals surface area contributed by atoms with Crippen LogP contribution >= 0.6 is 15.6 Å². The van der Waals surface area contributed by atoms with Crippen molar-refractivity contribution < 1.29 is 102 Å². The molecule has 0 fully saturated rings. The summed E-state index contributed by atoms with van der Waals surface area (Å²) in [4.78, 5) is 60.6. The smallest absolute Gasteiger partial charge is 0.780 e. The van der Waals surface area contributed by atoms with Crippen LogP contribution in [-0.4, -0.2) is 93.2 Å². The van der Waals surface area contributed by atoms with E-state index in [1.54, 1.807) is 49.1 Å². The Balaban J connectivity index is -0.000000422. The molecule has 0 aliphatic heterocycles. The van der Waals surface area contributed by atoms with Crippen molar-refractivity contribution in [2.45, 2.75) is 79.1 Å². The summed E-state index contributed by atoms with van der Waals surface area (Å²) in [7, 11) is -4.04. The second-order valence-corrected chi connectivity index (χ2v) is 17.8. The first-order chi connectivity index (χ1) is 35.3. The number of fused-ring (bicyclic) bond motifs is 6. The van der Waals surface area contributed by atoms with Crippen LogP contribution in [0.25, 0.3) is 43.6 Å². The average Bonchev–Trinajstić information content (AvgIpc) is 3.41. The maximum Gasteiger partial charge on any atom is 2.00 e. The number of rotatable bonds is 8. The fourth-order valence-electron chi connectivity index (χ4n) is 6.76. The van der Waals surface area contributed by atoms with Gasteiger partial charge >= 0.3 is 33.6 Å². The fourth-order valence-corrected chi connectivity index (χ4v) is 7.63. The molecule has 4 aromatic carbocycles. The summed E-state index contributed by atoms with van der Waals surface area (Å²) in [5, 5.41) is 46.6. The Labute approximate surface area is 468 Å². The third-order valence-electron chi connectivity index (χ3n) is 9.74. The van der Waals surface area contributed by atoms with Crippen molar-refractivity contribution in [3.63, 3.8) is 0 Å². The van der Waals surface area contributed by atoms with E-state index in [1.807, 2.05) is 91.8 Å². The van der Waals surface area contributed by atoms with Crippen LogP contribution < -0.4 is 28.6 Å². The van der Waals surface area contributed by atoms with Crippen LogP contribution in [0.2, 0.25) is 0 Å². The van der Waals surface area contributed by atoms with Crippen LogP contribution in [0, 0.1) is 0 Å². The molecule has 0 spiro atoms. The molecule has 422 valence electrons. The van der Waals surface area contributed by atoms with E-state index in [0.29, 0.717) is 0 Å². The van der Waals surface area contributed by atoms with Gasteiger partial charge in [0.15, 0.2) is 0 Å². The molecule has 0 amide bonds. The number of aliphatic hydroxyl groups is 6. The monoisotopic (exact) mass is 1180 g/mol. The number of benzene rings is 4. The number of pyridine rings is 4. The molecule has 0 aliphatic carbocycles. The number of aliphatic hydroxyl groups excluding tert-OH is 6. The molecular formula is C54H74Co2N4O14P2. The molecule has 8 aromatic rings. The molecule has 18 nitrogen and oxygen atoms in total.